The molecule has 0 bridgehead atoms. The van der Waals surface area contributed by atoms with Crippen molar-refractivity contribution in [3.05, 3.63) is 42.4 Å². The standard InChI is InChI=1S/C10H10NO2/c12-7-6-11-10(13)8-9-4-2-1-3-5-9/h1-7H,8H2,(H,11,13). The van der Waals surface area contributed by atoms with Crippen LogP contribution in [0.3, 0.4) is 0 Å². The molecule has 3 nitrogen and oxygen atoms in total. The quantitative estimate of drug-likeness (QED) is 0.686. The fraction of sp³-hybridized carbons (Fsp3) is 0.100. The molecule has 0 fully saturated rings. The molecule has 0 unspecified atom stereocenters. The first kappa shape index (κ1) is 9.45. The fourth-order valence-electron chi connectivity index (χ4n) is 0.959. The van der Waals surface area contributed by atoms with E-state index < -0.39 is 0 Å². The van der Waals surface area contributed by atoms with Crippen LogP contribution in [0.25, 0.3) is 0 Å². The van der Waals surface area contributed by atoms with E-state index in [-0.39, 0.29) is 5.91 Å². The van der Waals surface area contributed by atoms with Crippen LogP contribution in [-0.2, 0) is 16.0 Å². The Balaban J connectivity index is 2.41. The molecule has 1 aromatic rings. The number of carbonyl (C=O) groups is 2. The van der Waals surface area contributed by atoms with Gasteiger partial charge in [-0.25, -0.2) is 0 Å². The van der Waals surface area contributed by atoms with Crippen LogP contribution in [0.1, 0.15) is 5.56 Å². The van der Waals surface area contributed by atoms with Gasteiger partial charge in [-0.15, -0.1) is 0 Å². The third kappa shape index (κ3) is 3.51. The van der Waals surface area contributed by atoms with Crippen molar-refractivity contribution in [1.82, 2.24) is 5.32 Å². The molecule has 0 spiro atoms. The van der Waals surface area contributed by atoms with Crippen LogP contribution in [0.2, 0.25) is 0 Å². The molecule has 1 N–H and O–H groups in total. The van der Waals surface area contributed by atoms with Crippen molar-refractivity contribution in [3.63, 3.8) is 0 Å². The van der Waals surface area contributed by atoms with Gasteiger partial charge in [-0.05, 0) is 5.56 Å². The average molecular weight is 176 g/mol. The second-order valence-electron chi connectivity index (χ2n) is 2.53. The summed E-state index contributed by atoms with van der Waals surface area (Å²) in [5.41, 5.74) is 0.930. The Morgan fingerprint density at radius 2 is 2.00 bits per heavy atom. The molecule has 3 heteroatoms. The van der Waals surface area contributed by atoms with E-state index in [0.717, 1.165) is 12.1 Å². The van der Waals surface area contributed by atoms with E-state index in [0.29, 0.717) is 12.7 Å². The highest BCUT2D eigenvalue weighted by molar-refractivity contribution is 5.82. The summed E-state index contributed by atoms with van der Waals surface area (Å²) >= 11 is 0. The second-order valence-corrected chi connectivity index (χ2v) is 2.53. The van der Waals surface area contributed by atoms with Gasteiger partial charge in [-0.2, -0.15) is 0 Å². The summed E-state index contributed by atoms with van der Waals surface area (Å²) in [6.07, 6.45) is 0.841. The van der Waals surface area contributed by atoms with E-state index in [1.54, 1.807) is 0 Å². The Hall–Kier alpha value is -1.64. The van der Waals surface area contributed by atoms with Crippen molar-refractivity contribution in [2.24, 2.45) is 0 Å². The van der Waals surface area contributed by atoms with Crippen LogP contribution in [-0.4, -0.2) is 12.2 Å². The fourth-order valence-corrected chi connectivity index (χ4v) is 0.959. The molecular weight excluding hydrogens is 166 g/mol. The van der Waals surface area contributed by atoms with Gasteiger partial charge in [0.15, 0.2) is 0 Å². The second kappa shape index (κ2) is 5.09. The third-order valence-electron chi connectivity index (χ3n) is 1.52. The molecule has 0 aliphatic carbocycles. The van der Waals surface area contributed by atoms with Crippen molar-refractivity contribution < 1.29 is 9.59 Å². The van der Waals surface area contributed by atoms with Crippen LogP contribution in [0.4, 0.5) is 0 Å². The van der Waals surface area contributed by atoms with Crippen molar-refractivity contribution in [2.45, 2.75) is 6.42 Å². The minimum atomic E-state index is -0.182. The highest BCUT2D eigenvalue weighted by Gasteiger charge is 2.00. The predicted molar refractivity (Wildman–Crippen MR) is 48.7 cm³/mol. The molecule has 0 atom stereocenters. The van der Waals surface area contributed by atoms with E-state index in [2.05, 4.69) is 5.32 Å². The number of benzene rings is 1. The summed E-state index contributed by atoms with van der Waals surface area (Å²) < 4.78 is 0. The maximum absolute atomic E-state index is 11.1. The maximum Gasteiger partial charge on any atom is 0.225 e. The van der Waals surface area contributed by atoms with Crippen LogP contribution in [0, 0.1) is 6.54 Å². The van der Waals surface area contributed by atoms with Gasteiger partial charge in [0.1, 0.15) is 12.8 Å². The lowest BCUT2D eigenvalue weighted by Gasteiger charge is -2.00. The van der Waals surface area contributed by atoms with E-state index in [4.69, 9.17) is 0 Å². The molecule has 1 radical (unpaired) electrons. The summed E-state index contributed by atoms with van der Waals surface area (Å²) in [5.74, 6) is -0.182. The number of carbonyl (C=O) groups excluding carboxylic acids is 2. The number of hydrogen-bond donors (Lipinski definition) is 1. The molecule has 0 saturated carbocycles. The monoisotopic (exact) mass is 176 g/mol. The Morgan fingerprint density at radius 1 is 1.31 bits per heavy atom. The molecule has 1 aromatic carbocycles. The lowest BCUT2D eigenvalue weighted by molar-refractivity contribution is -0.120. The van der Waals surface area contributed by atoms with Gasteiger partial charge in [0.25, 0.3) is 0 Å². The molecule has 0 saturated heterocycles. The SMILES string of the molecule is O=C[CH]NC(=O)Cc1ccccc1. The van der Waals surface area contributed by atoms with E-state index in [9.17, 15) is 9.59 Å². The molecule has 1 amide bonds. The van der Waals surface area contributed by atoms with E-state index in [1.807, 2.05) is 30.3 Å². The Bertz CT molecular complexity index is 282. The predicted octanol–water partition coefficient (Wildman–Crippen LogP) is 0.706. The number of nitrogens with one attached hydrogen (secondary N) is 1. The maximum atomic E-state index is 11.1. The first-order valence-corrected chi connectivity index (χ1v) is 3.93. The van der Waals surface area contributed by atoms with Gasteiger partial charge in [-0.1, -0.05) is 30.3 Å². The zero-order valence-corrected chi connectivity index (χ0v) is 7.07. The Kier molecular flexibility index (Phi) is 3.70. The summed E-state index contributed by atoms with van der Waals surface area (Å²) in [6.45, 7) is 1.09. The normalized spacial score (nSPS) is 9.23. The van der Waals surface area contributed by atoms with Crippen LogP contribution >= 0.6 is 0 Å². The highest BCUT2D eigenvalue weighted by atomic mass is 16.2. The first-order valence-electron chi connectivity index (χ1n) is 3.93. The molecular formula is C10H10NO2. The number of hydrogen-bond acceptors (Lipinski definition) is 2. The molecule has 0 aliphatic rings. The van der Waals surface area contributed by atoms with Crippen molar-refractivity contribution in [1.29, 1.82) is 0 Å². The largest absolute Gasteiger partial charge is 0.344 e. The zero-order chi connectivity index (χ0) is 9.52. The average Bonchev–Trinajstić information content (AvgIpc) is 2.16. The van der Waals surface area contributed by atoms with Gasteiger partial charge in [-0.3, -0.25) is 4.79 Å². The summed E-state index contributed by atoms with van der Waals surface area (Å²) in [5, 5.41) is 2.35. The summed E-state index contributed by atoms with van der Waals surface area (Å²) in [6, 6.07) is 9.35. The van der Waals surface area contributed by atoms with Crippen LogP contribution < -0.4 is 5.32 Å². The minimum absolute atomic E-state index is 0.182. The highest BCUT2D eigenvalue weighted by Crippen LogP contribution is 1.98. The Morgan fingerprint density at radius 3 is 2.62 bits per heavy atom. The molecule has 0 aliphatic heterocycles. The molecule has 13 heavy (non-hydrogen) atoms. The number of amides is 1. The third-order valence-corrected chi connectivity index (χ3v) is 1.52. The topological polar surface area (TPSA) is 46.2 Å². The van der Waals surface area contributed by atoms with Gasteiger partial charge in [0, 0.05) is 0 Å². The lowest BCUT2D eigenvalue weighted by Crippen LogP contribution is -2.22. The molecule has 0 heterocycles. The van der Waals surface area contributed by atoms with Gasteiger partial charge in [0.2, 0.25) is 5.91 Å². The molecule has 0 aromatic heterocycles. The van der Waals surface area contributed by atoms with Crippen molar-refractivity contribution >= 4 is 12.2 Å². The number of rotatable bonds is 4. The zero-order valence-electron chi connectivity index (χ0n) is 7.07. The smallest absolute Gasteiger partial charge is 0.225 e. The van der Waals surface area contributed by atoms with Gasteiger partial charge >= 0.3 is 0 Å². The van der Waals surface area contributed by atoms with Gasteiger partial charge in [0.05, 0.1) is 6.42 Å². The number of aldehydes is 1. The van der Waals surface area contributed by atoms with Crippen LogP contribution in [0.5, 0.6) is 0 Å². The molecule has 67 valence electrons. The van der Waals surface area contributed by atoms with E-state index >= 15 is 0 Å². The van der Waals surface area contributed by atoms with Gasteiger partial charge < -0.3 is 10.1 Å². The van der Waals surface area contributed by atoms with Crippen molar-refractivity contribution in [3.8, 4) is 0 Å². The summed E-state index contributed by atoms with van der Waals surface area (Å²) in [7, 11) is 0. The van der Waals surface area contributed by atoms with E-state index in [1.165, 1.54) is 0 Å². The minimum Gasteiger partial charge on any atom is -0.344 e. The molecule has 1 rings (SSSR count). The van der Waals surface area contributed by atoms with Crippen LogP contribution in [0.15, 0.2) is 30.3 Å². The van der Waals surface area contributed by atoms with Crippen molar-refractivity contribution in [2.75, 3.05) is 0 Å². The summed E-state index contributed by atoms with van der Waals surface area (Å²) in [4.78, 5) is 21.0. The first-order chi connectivity index (χ1) is 6.33. The Labute approximate surface area is 76.8 Å². The lowest BCUT2D eigenvalue weighted by atomic mass is 10.1.